The van der Waals surface area contributed by atoms with Gasteiger partial charge in [0.2, 0.25) is 0 Å². The second kappa shape index (κ2) is 3.38. The van der Waals surface area contributed by atoms with Crippen molar-refractivity contribution in [2.45, 2.75) is 26.4 Å². The SMILES string of the molecule is C=C1CON(C(=O)OC(C)(C)C)C1. The number of rotatable bonds is 0. The third-order valence-corrected chi connectivity index (χ3v) is 1.39. The van der Waals surface area contributed by atoms with Gasteiger partial charge in [-0.3, -0.25) is 4.84 Å². The summed E-state index contributed by atoms with van der Waals surface area (Å²) in [5.41, 5.74) is 0.399. The van der Waals surface area contributed by atoms with E-state index in [0.717, 1.165) is 5.57 Å². The lowest BCUT2D eigenvalue weighted by molar-refractivity contribution is -0.107. The molecule has 0 spiro atoms. The number of nitrogens with zero attached hydrogens (tertiary/aromatic N) is 1. The van der Waals surface area contributed by atoms with Gasteiger partial charge in [0.25, 0.3) is 0 Å². The highest BCUT2D eigenvalue weighted by Gasteiger charge is 2.26. The fourth-order valence-corrected chi connectivity index (χ4v) is 0.894. The van der Waals surface area contributed by atoms with Gasteiger partial charge in [-0.25, -0.2) is 4.79 Å². The van der Waals surface area contributed by atoms with Gasteiger partial charge in [0.15, 0.2) is 0 Å². The third-order valence-electron chi connectivity index (χ3n) is 1.39. The maximum Gasteiger partial charge on any atom is 0.434 e. The molecule has 1 aliphatic heterocycles. The fourth-order valence-electron chi connectivity index (χ4n) is 0.894. The number of hydroxylamine groups is 2. The summed E-state index contributed by atoms with van der Waals surface area (Å²) in [5.74, 6) is 0. The van der Waals surface area contributed by atoms with Crippen LogP contribution in [0.25, 0.3) is 0 Å². The normalized spacial score (nSPS) is 17.8. The Morgan fingerprint density at radius 3 is 2.62 bits per heavy atom. The summed E-state index contributed by atoms with van der Waals surface area (Å²) in [7, 11) is 0. The fraction of sp³-hybridized carbons (Fsp3) is 0.667. The highest BCUT2D eigenvalue weighted by Crippen LogP contribution is 2.15. The molecule has 4 nitrogen and oxygen atoms in total. The van der Waals surface area contributed by atoms with Crippen LogP contribution in [0.15, 0.2) is 12.2 Å². The number of hydrogen-bond acceptors (Lipinski definition) is 3. The van der Waals surface area contributed by atoms with Crippen LogP contribution in [-0.4, -0.2) is 29.9 Å². The Kier molecular flexibility index (Phi) is 2.61. The lowest BCUT2D eigenvalue weighted by atomic mass is 10.2. The smallest absolute Gasteiger partial charge is 0.434 e. The van der Waals surface area contributed by atoms with Gasteiger partial charge in [-0.05, 0) is 26.3 Å². The molecule has 1 rings (SSSR count). The molecular weight excluding hydrogens is 170 g/mol. The van der Waals surface area contributed by atoms with Crippen LogP contribution in [0.2, 0.25) is 0 Å². The highest BCUT2D eigenvalue weighted by atomic mass is 16.7. The van der Waals surface area contributed by atoms with Crippen LogP contribution >= 0.6 is 0 Å². The Bertz CT molecular complexity index is 230. The predicted molar refractivity (Wildman–Crippen MR) is 48.0 cm³/mol. The Balaban J connectivity index is 2.45. The van der Waals surface area contributed by atoms with Crippen molar-refractivity contribution >= 4 is 6.09 Å². The van der Waals surface area contributed by atoms with Gasteiger partial charge >= 0.3 is 6.09 Å². The molecule has 0 atom stereocenters. The first-order valence-corrected chi connectivity index (χ1v) is 4.18. The molecule has 1 fully saturated rings. The molecule has 0 aromatic rings. The molecule has 0 radical (unpaired) electrons. The zero-order valence-electron chi connectivity index (χ0n) is 8.29. The van der Waals surface area contributed by atoms with E-state index in [1.54, 1.807) is 0 Å². The molecule has 0 aliphatic carbocycles. The minimum absolute atomic E-state index is 0.402. The average molecular weight is 185 g/mol. The predicted octanol–water partition coefficient (Wildman–Crippen LogP) is 1.72. The number of ether oxygens (including phenoxy) is 1. The van der Waals surface area contributed by atoms with Crippen molar-refractivity contribution in [2.24, 2.45) is 0 Å². The number of carbonyl (C=O) groups is 1. The molecule has 0 N–H and O–H groups in total. The van der Waals surface area contributed by atoms with Gasteiger partial charge in [-0.1, -0.05) is 6.58 Å². The van der Waals surface area contributed by atoms with Crippen LogP contribution in [0.1, 0.15) is 20.8 Å². The largest absolute Gasteiger partial charge is 0.442 e. The lowest BCUT2D eigenvalue weighted by Crippen LogP contribution is -2.34. The van der Waals surface area contributed by atoms with Crippen molar-refractivity contribution in [3.63, 3.8) is 0 Å². The van der Waals surface area contributed by atoms with E-state index >= 15 is 0 Å². The van der Waals surface area contributed by atoms with Gasteiger partial charge in [0, 0.05) is 0 Å². The molecule has 0 aromatic heterocycles. The maximum atomic E-state index is 11.3. The Labute approximate surface area is 78.1 Å². The summed E-state index contributed by atoms with van der Waals surface area (Å²) in [5, 5.41) is 1.19. The molecule has 13 heavy (non-hydrogen) atoms. The van der Waals surface area contributed by atoms with E-state index in [2.05, 4.69) is 6.58 Å². The molecule has 0 unspecified atom stereocenters. The van der Waals surface area contributed by atoms with Crippen LogP contribution in [0.3, 0.4) is 0 Å². The van der Waals surface area contributed by atoms with Crippen molar-refractivity contribution in [3.05, 3.63) is 12.2 Å². The first kappa shape index (κ1) is 10.1. The Morgan fingerprint density at radius 2 is 2.23 bits per heavy atom. The van der Waals surface area contributed by atoms with Crippen LogP contribution in [-0.2, 0) is 9.57 Å². The van der Waals surface area contributed by atoms with Gasteiger partial charge < -0.3 is 4.74 Å². The first-order chi connectivity index (χ1) is 5.88. The number of hydrogen-bond donors (Lipinski definition) is 0. The van der Waals surface area contributed by atoms with Gasteiger partial charge in [0.1, 0.15) is 5.60 Å². The topological polar surface area (TPSA) is 38.8 Å². The minimum Gasteiger partial charge on any atom is -0.442 e. The maximum absolute atomic E-state index is 11.3. The minimum atomic E-state index is -0.482. The summed E-state index contributed by atoms with van der Waals surface area (Å²) >= 11 is 0. The molecule has 1 amide bonds. The second-order valence-electron chi connectivity index (χ2n) is 4.04. The van der Waals surface area contributed by atoms with E-state index in [1.165, 1.54) is 5.06 Å². The molecule has 0 saturated carbocycles. The molecule has 1 aliphatic rings. The van der Waals surface area contributed by atoms with Crippen molar-refractivity contribution in [2.75, 3.05) is 13.2 Å². The van der Waals surface area contributed by atoms with Crippen LogP contribution in [0.4, 0.5) is 4.79 Å². The molecule has 1 saturated heterocycles. The summed E-state index contributed by atoms with van der Waals surface area (Å²) < 4.78 is 5.09. The molecule has 74 valence electrons. The van der Waals surface area contributed by atoms with Gasteiger partial charge in [-0.15, -0.1) is 0 Å². The zero-order chi connectivity index (χ0) is 10.1. The summed E-state index contributed by atoms with van der Waals surface area (Å²) in [4.78, 5) is 16.4. The summed E-state index contributed by atoms with van der Waals surface area (Å²) in [6, 6.07) is 0. The Hall–Kier alpha value is -1.03. The second-order valence-corrected chi connectivity index (χ2v) is 4.04. The molecule has 1 heterocycles. The standard InChI is InChI=1S/C9H15NO3/c1-7-5-10(12-6-7)8(11)13-9(2,3)4/h1,5-6H2,2-4H3. The van der Waals surface area contributed by atoms with E-state index < -0.39 is 11.7 Å². The van der Waals surface area contributed by atoms with Crippen LogP contribution in [0.5, 0.6) is 0 Å². The monoisotopic (exact) mass is 185 g/mol. The third kappa shape index (κ3) is 3.06. The molecular formula is C9H15NO3. The quantitative estimate of drug-likeness (QED) is 0.539. The zero-order valence-corrected chi connectivity index (χ0v) is 8.29. The summed E-state index contributed by atoms with van der Waals surface area (Å²) in [6.45, 7) is 9.98. The van der Waals surface area contributed by atoms with Crippen molar-refractivity contribution in [1.82, 2.24) is 5.06 Å². The number of carbonyl (C=O) groups excluding carboxylic acids is 1. The van der Waals surface area contributed by atoms with Crippen LogP contribution < -0.4 is 0 Å². The molecule has 0 bridgehead atoms. The van der Waals surface area contributed by atoms with E-state index in [-0.39, 0.29) is 0 Å². The van der Waals surface area contributed by atoms with Crippen molar-refractivity contribution in [3.8, 4) is 0 Å². The Morgan fingerprint density at radius 1 is 1.62 bits per heavy atom. The first-order valence-electron chi connectivity index (χ1n) is 4.18. The van der Waals surface area contributed by atoms with Crippen LogP contribution in [0, 0.1) is 0 Å². The summed E-state index contributed by atoms with van der Waals surface area (Å²) in [6.07, 6.45) is -0.453. The lowest BCUT2D eigenvalue weighted by Gasteiger charge is -2.22. The molecule has 4 heteroatoms. The molecule has 0 aromatic carbocycles. The van der Waals surface area contributed by atoms with E-state index in [0.29, 0.717) is 13.2 Å². The van der Waals surface area contributed by atoms with Gasteiger partial charge in [-0.2, -0.15) is 5.06 Å². The van der Waals surface area contributed by atoms with Crippen molar-refractivity contribution < 1.29 is 14.4 Å². The van der Waals surface area contributed by atoms with E-state index in [1.807, 2.05) is 20.8 Å². The van der Waals surface area contributed by atoms with Gasteiger partial charge in [0.05, 0.1) is 13.2 Å². The average Bonchev–Trinajstić information content (AvgIpc) is 2.31. The number of amides is 1. The highest BCUT2D eigenvalue weighted by molar-refractivity contribution is 5.67. The van der Waals surface area contributed by atoms with Crippen molar-refractivity contribution in [1.29, 1.82) is 0 Å². The van der Waals surface area contributed by atoms with E-state index in [4.69, 9.17) is 9.57 Å². The van der Waals surface area contributed by atoms with E-state index in [9.17, 15) is 4.79 Å².